The molecule has 0 fully saturated rings. The monoisotopic (exact) mass is 318 g/mol. The largest absolute Gasteiger partial charge is 0.357 e. The van der Waals surface area contributed by atoms with Crippen LogP contribution in [0.5, 0.6) is 0 Å². The molecule has 22 heavy (non-hydrogen) atoms. The van der Waals surface area contributed by atoms with Gasteiger partial charge in [0.1, 0.15) is 0 Å². The Kier molecular flexibility index (Phi) is 5.67. The molecule has 1 aromatic carbocycles. The van der Waals surface area contributed by atoms with E-state index in [2.05, 4.69) is 13.8 Å². The van der Waals surface area contributed by atoms with Crippen molar-refractivity contribution in [3.63, 3.8) is 0 Å². The van der Waals surface area contributed by atoms with E-state index in [-0.39, 0.29) is 11.9 Å². The molecule has 0 aliphatic carbocycles. The Morgan fingerprint density at radius 3 is 2.45 bits per heavy atom. The molecule has 0 radical (unpaired) electrons. The van der Waals surface area contributed by atoms with E-state index in [0.29, 0.717) is 13.0 Å². The summed E-state index contributed by atoms with van der Waals surface area (Å²) in [6.07, 6.45) is 5.34. The fraction of sp³-hybridized carbons (Fsp3) is 0.389. The normalized spacial score (nSPS) is 12.2. The number of amides is 1. The van der Waals surface area contributed by atoms with Gasteiger partial charge < -0.3 is 9.47 Å². The first kappa shape index (κ1) is 16.6. The van der Waals surface area contributed by atoms with Crippen LogP contribution in [-0.2, 0) is 24.8 Å². The van der Waals surface area contributed by atoms with E-state index >= 15 is 0 Å². The van der Waals surface area contributed by atoms with E-state index in [1.54, 1.807) is 0 Å². The number of hydrogen-bond donors (Lipinski definition) is 0. The molecule has 2 aromatic rings. The Bertz CT molecular complexity index is 618. The molecule has 1 amide bonds. The molecule has 0 saturated carbocycles. The van der Waals surface area contributed by atoms with E-state index in [1.807, 2.05) is 59.2 Å². The van der Waals surface area contributed by atoms with E-state index in [4.69, 9.17) is 11.6 Å². The molecule has 2 rings (SSSR count). The lowest BCUT2D eigenvalue weighted by Gasteiger charge is -2.29. The second-order valence-electron chi connectivity index (χ2n) is 5.77. The summed E-state index contributed by atoms with van der Waals surface area (Å²) in [6.45, 7) is 4.83. The van der Waals surface area contributed by atoms with E-state index in [9.17, 15) is 4.79 Å². The van der Waals surface area contributed by atoms with Crippen molar-refractivity contribution < 1.29 is 4.79 Å². The summed E-state index contributed by atoms with van der Waals surface area (Å²) in [7, 11) is 1.97. The van der Waals surface area contributed by atoms with Gasteiger partial charge in [-0.2, -0.15) is 0 Å². The van der Waals surface area contributed by atoms with Crippen LogP contribution in [0.1, 0.15) is 31.4 Å². The van der Waals surface area contributed by atoms with Crippen molar-refractivity contribution in [3.8, 4) is 0 Å². The van der Waals surface area contributed by atoms with Gasteiger partial charge >= 0.3 is 0 Å². The number of aromatic nitrogens is 1. The molecule has 0 aliphatic rings. The highest BCUT2D eigenvalue weighted by molar-refractivity contribution is 6.30. The first-order valence-corrected chi connectivity index (χ1v) is 8.02. The minimum Gasteiger partial charge on any atom is -0.357 e. The molecule has 4 heteroatoms. The number of carbonyl (C=O) groups excluding carboxylic acids is 1. The maximum Gasteiger partial charge on any atom is 0.227 e. The SMILES string of the molecule is CC[C@H](C)N(Cc1ccc(Cl)cc1)C(=O)Cc1ccn(C)c1. The van der Waals surface area contributed by atoms with Gasteiger partial charge in [0.05, 0.1) is 6.42 Å². The molecule has 3 nitrogen and oxygen atoms in total. The first-order chi connectivity index (χ1) is 10.5. The maximum atomic E-state index is 12.7. The molecule has 1 aromatic heterocycles. The number of hydrogen-bond acceptors (Lipinski definition) is 1. The Hall–Kier alpha value is -1.74. The predicted octanol–water partition coefficient (Wildman–Crippen LogP) is 4.05. The molecule has 0 bridgehead atoms. The summed E-state index contributed by atoms with van der Waals surface area (Å²) in [5.74, 6) is 0.163. The molecule has 1 heterocycles. The van der Waals surface area contributed by atoms with Gasteiger partial charge in [-0.3, -0.25) is 4.79 Å². The van der Waals surface area contributed by atoms with Crippen LogP contribution in [0.25, 0.3) is 0 Å². The minimum absolute atomic E-state index is 0.163. The van der Waals surface area contributed by atoms with Crippen LogP contribution in [0.15, 0.2) is 42.7 Å². The number of aryl methyl sites for hydroxylation is 1. The average molecular weight is 319 g/mol. The summed E-state index contributed by atoms with van der Waals surface area (Å²) < 4.78 is 1.97. The molecular weight excluding hydrogens is 296 g/mol. The summed E-state index contributed by atoms with van der Waals surface area (Å²) in [5, 5.41) is 0.717. The van der Waals surface area contributed by atoms with E-state index < -0.39 is 0 Å². The predicted molar refractivity (Wildman–Crippen MR) is 90.9 cm³/mol. The smallest absolute Gasteiger partial charge is 0.227 e. The fourth-order valence-corrected chi connectivity index (χ4v) is 2.56. The number of halogens is 1. The van der Waals surface area contributed by atoms with Crippen LogP contribution in [0.2, 0.25) is 5.02 Å². The second-order valence-corrected chi connectivity index (χ2v) is 6.20. The van der Waals surface area contributed by atoms with Crippen LogP contribution in [0, 0.1) is 0 Å². The highest BCUT2D eigenvalue weighted by Gasteiger charge is 2.19. The van der Waals surface area contributed by atoms with Gasteiger partial charge in [-0.05, 0) is 42.7 Å². The zero-order chi connectivity index (χ0) is 16.1. The molecule has 1 atom stereocenters. The lowest BCUT2D eigenvalue weighted by atomic mass is 10.1. The highest BCUT2D eigenvalue weighted by Crippen LogP contribution is 2.16. The van der Waals surface area contributed by atoms with Gasteiger partial charge in [0, 0.05) is 37.1 Å². The standard InChI is InChI=1S/C18H23ClN2O/c1-4-14(2)21(13-15-5-7-17(19)8-6-15)18(22)11-16-9-10-20(3)12-16/h5-10,12,14H,4,11,13H2,1-3H3/t14-/m0/s1. The van der Waals surface area contributed by atoms with Crippen LogP contribution >= 0.6 is 11.6 Å². The Labute approximate surface area is 137 Å². The summed E-state index contributed by atoms with van der Waals surface area (Å²) in [4.78, 5) is 14.6. The Balaban J connectivity index is 2.11. The summed E-state index contributed by atoms with van der Waals surface area (Å²) >= 11 is 5.93. The van der Waals surface area contributed by atoms with Crippen molar-refractivity contribution in [2.45, 2.75) is 39.3 Å². The lowest BCUT2D eigenvalue weighted by molar-refractivity contribution is -0.133. The van der Waals surface area contributed by atoms with Crippen molar-refractivity contribution in [1.82, 2.24) is 9.47 Å². The van der Waals surface area contributed by atoms with Crippen molar-refractivity contribution >= 4 is 17.5 Å². The average Bonchev–Trinajstić information content (AvgIpc) is 2.90. The fourth-order valence-electron chi connectivity index (χ4n) is 2.44. The number of nitrogens with zero attached hydrogens (tertiary/aromatic N) is 2. The molecule has 0 spiro atoms. The molecule has 0 aliphatic heterocycles. The second kappa shape index (κ2) is 7.50. The lowest BCUT2D eigenvalue weighted by Crippen LogP contribution is -2.38. The van der Waals surface area contributed by atoms with Gasteiger partial charge in [-0.25, -0.2) is 0 Å². The quantitative estimate of drug-likeness (QED) is 0.789. The van der Waals surface area contributed by atoms with Crippen LogP contribution in [0.4, 0.5) is 0 Å². The third-order valence-corrected chi connectivity index (χ3v) is 4.21. The van der Waals surface area contributed by atoms with Crippen LogP contribution in [-0.4, -0.2) is 21.4 Å². The molecule has 0 saturated heterocycles. The van der Waals surface area contributed by atoms with E-state index in [1.165, 1.54) is 0 Å². The van der Waals surface area contributed by atoms with Gasteiger partial charge in [0.2, 0.25) is 5.91 Å². The zero-order valence-corrected chi connectivity index (χ0v) is 14.2. The van der Waals surface area contributed by atoms with Crippen molar-refractivity contribution in [1.29, 1.82) is 0 Å². The molecule has 0 unspecified atom stereocenters. The Morgan fingerprint density at radius 1 is 1.23 bits per heavy atom. The molecule has 0 N–H and O–H groups in total. The van der Waals surface area contributed by atoms with Gasteiger partial charge in [-0.15, -0.1) is 0 Å². The van der Waals surface area contributed by atoms with Crippen LogP contribution < -0.4 is 0 Å². The zero-order valence-electron chi connectivity index (χ0n) is 13.4. The third kappa shape index (κ3) is 4.38. The third-order valence-electron chi connectivity index (χ3n) is 3.96. The number of benzene rings is 1. The summed E-state index contributed by atoms with van der Waals surface area (Å²) in [5.41, 5.74) is 2.16. The van der Waals surface area contributed by atoms with Gasteiger partial charge in [0.15, 0.2) is 0 Å². The molecule has 118 valence electrons. The Morgan fingerprint density at radius 2 is 1.91 bits per heavy atom. The van der Waals surface area contributed by atoms with E-state index in [0.717, 1.165) is 22.6 Å². The van der Waals surface area contributed by atoms with Gasteiger partial charge in [0.25, 0.3) is 0 Å². The van der Waals surface area contributed by atoms with Crippen LogP contribution in [0.3, 0.4) is 0 Å². The maximum absolute atomic E-state index is 12.7. The number of rotatable bonds is 6. The number of carbonyl (C=O) groups is 1. The van der Waals surface area contributed by atoms with Crippen molar-refractivity contribution in [2.75, 3.05) is 0 Å². The van der Waals surface area contributed by atoms with Gasteiger partial charge in [-0.1, -0.05) is 30.7 Å². The van der Waals surface area contributed by atoms with Crippen molar-refractivity contribution in [2.24, 2.45) is 7.05 Å². The highest BCUT2D eigenvalue weighted by atomic mass is 35.5. The molecular formula is C18H23ClN2O. The first-order valence-electron chi connectivity index (χ1n) is 7.64. The van der Waals surface area contributed by atoms with Crippen molar-refractivity contribution in [3.05, 3.63) is 58.9 Å². The minimum atomic E-state index is 0.163. The summed E-state index contributed by atoms with van der Waals surface area (Å²) in [6, 6.07) is 9.91. The topological polar surface area (TPSA) is 25.2 Å².